The smallest absolute Gasteiger partial charge is 0.294 e. The van der Waals surface area contributed by atoms with Crippen LogP contribution in [0.15, 0.2) is 53.4 Å². The van der Waals surface area contributed by atoms with Crippen molar-refractivity contribution in [1.82, 2.24) is 0 Å². The van der Waals surface area contributed by atoms with Gasteiger partial charge in [-0.05, 0) is 60.1 Å². The van der Waals surface area contributed by atoms with Gasteiger partial charge in [0.25, 0.3) is 10.1 Å². The fourth-order valence-electron chi connectivity index (χ4n) is 3.14. The first-order chi connectivity index (χ1) is 10.9. The van der Waals surface area contributed by atoms with Gasteiger partial charge in [0.15, 0.2) is 0 Å². The summed E-state index contributed by atoms with van der Waals surface area (Å²) in [5.74, 6) is 0.608. The second kappa shape index (κ2) is 7.15. The normalized spacial score (nSPS) is 14.4. The predicted octanol–water partition coefficient (Wildman–Crippen LogP) is 4.20. The second-order valence-electron chi connectivity index (χ2n) is 5.74. The lowest BCUT2D eigenvalue weighted by molar-refractivity contribution is 0.482. The van der Waals surface area contributed by atoms with Gasteiger partial charge in [-0.3, -0.25) is 4.55 Å². The van der Waals surface area contributed by atoms with Gasteiger partial charge >= 0.3 is 0 Å². The molecule has 2 rings (SSSR count). The van der Waals surface area contributed by atoms with E-state index in [-0.39, 0.29) is 10.8 Å². The number of hydrogen-bond acceptors (Lipinski definition) is 3. The fraction of sp³-hybridized carbons (Fsp3) is 0.333. The van der Waals surface area contributed by atoms with Gasteiger partial charge in [-0.1, -0.05) is 38.1 Å². The van der Waals surface area contributed by atoms with E-state index in [1.54, 1.807) is 12.1 Å². The van der Waals surface area contributed by atoms with Gasteiger partial charge in [-0.15, -0.1) is 0 Å². The molecule has 0 amide bonds. The van der Waals surface area contributed by atoms with Crippen molar-refractivity contribution >= 4 is 15.8 Å². The quantitative estimate of drug-likeness (QED) is 0.613. The van der Waals surface area contributed by atoms with Crippen molar-refractivity contribution in [3.8, 4) is 0 Å². The van der Waals surface area contributed by atoms with Crippen LogP contribution in [0.1, 0.15) is 49.7 Å². The Labute approximate surface area is 138 Å². The Bertz CT molecular complexity index is 737. The van der Waals surface area contributed by atoms with E-state index in [9.17, 15) is 8.42 Å². The topological polar surface area (TPSA) is 80.4 Å². The van der Waals surface area contributed by atoms with E-state index in [4.69, 9.17) is 10.3 Å². The lowest BCUT2D eigenvalue weighted by Crippen LogP contribution is -2.11. The molecule has 2 atom stereocenters. The molecule has 0 aliphatic rings. The summed E-state index contributed by atoms with van der Waals surface area (Å²) in [6.07, 6.45) is 1.91. The van der Waals surface area contributed by atoms with Crippen molar-refractivity contribution < 1.29 is 13.0 Å². The van der Waals surface area contributed by atoms with Gasteiger partial charge < -0.3 is 5.73 Å². The summed E-state index contributed by atoms with van der Waals surface area (Å²) in [7, 11) is -4.15. The molecule has 23 heavy (non-hydrogen) atoms. The molecule has 2 unspecified atom stereocenters. The zero-order chi connectivity index (χ0) is 17.0. The SMILES string of the molecule is CCC(c1ccc(N)cc1)C(CC)c1ccc(S(=O)(=O)O)cc1. The Hall–Kier alpha value is -1.85. The number of benzene rings is 2. The highest BCUT2D eigenvalue weighted by Crippen LogP contribution is 2.38. The van der Waals surface area contributed by atoms with Crippen LogP contribution >= 0.6 is 0 Å². The Morgan fingerprint density at radius 3 is 1.61 bits per heavy atom. The summed E-state index contributed by atoms with van der Waals surface area (Å²) >= 11 is 0. The van der Waals surface area contributed by atoms with E-state index in [1.807, 2.05) is 12.1 Å². The predicted molar refractivity (Wildman–Crippen MR) is 93.2 cm³/mol. The molecule has 2 aromatic rings. The molecular formula is C18H23NO3S. The van der Waals surface area contributed by atoms with Crippen LogP contribution in [-0.2, 0) is 10.1 Å². The van der Waals surface area contributed by atoms with Crippen molar-refractivity contribution in [3.63, 3.8) is 0 Å². The van der Waals surface area contributed by atoms with E-state index in [0.717, 1.165) is 24.1 Å². The maximum Gasteiger partial charge on any atom is 0.294 e. The van der Waals surface area contributed by atoms with Gasteiger partial charge in [0.1, 0.15) is 0 Å². The largest absolute Gasteiger partial charge is 0.399 e. The van der Waals surface area contributed by atoms with Gasteiger partial charge in [0.05, 0.1) is 4.90 Å². The molecular weight excluding hydrogens is 310 g/mol. The first kappa shape index (κ1) is 17.5. The van der Waals surface area contributed by atoms with Crippen LogP contribution in [0.5, 0.6) is 0 Å². The molecule has 0 saturated carbocycles. The van der Waals surface area contributed by atoms with E-state index < -0.39 is 10.1 Å². The van der Waals surface area contributed by atoms with Crippen LogP contribution in [0.3, 0.4) is 0 Å². The molecule has 0 spiro atoms. The van der Waals surface area contributed by atoms with Crippen molar-refractivity contribution in [2.75, 3.05) is 5.73 Å². The summed E-state index contributed by atoms with van der Waals surface area (Å²) in [4.78, 5) is -0.0726. The minimum absolute atomic E-state index is 0.0726. The summed E-state index contributed by atoms with van der Waals surface area (Å²) in [5, 5.41) is 0. The van der Waals surface area contributed by atoms with E-state index in [2.05, 4.69) is 26.0 Å². The highest BCUT2D eigenvalue weighted by atomic mass is 32.2. The number of nitrogen functional groups attached to an aromatic ring is 1. The molecule has 0 fully saturated rings. The van der Waals surface area contributed by atoms with Crippen LogP contribution < -0.4 is 5.73 Å². The van der Waals surface area contributed by atoms with Gasteiger partial charge in [0, 0.05) is 5.69 Å². The molecule has 5 heteroatoms. The zero-order valence-electron chi connectivity index (χ0n) is 13.4. The standard InChI is InChI=1S/C18H23NO3S/c1-3-17(13-5-9-15(19)10-6-13)18(4-2)14-7-11-16(12-8-14)23(20,21)22/h5-12,17-18H,3-4,19H2,1-2H3,(H,20,21,22). The molecule has 0 saturated heterocycles. The van der Waals surface area contributed by atoms with E-state index >= 15 is 0 Å². The third kappa shape index (κ3) is 4.12. The fourth-order valence-corrected chi connectivity index (χ4v) is 3.62. The van der Waals surface area contributed by atoms with Gasteiger partial charge in [-0.25, -0.2) is 0 Å². The summed E-state index contributed by atoms with van der Waals surface area (Å²) < 4.78 is 31.4. The maximum absolute atomic E-state index is 11.2. The Morgan fingerprint density at radius 2 is 1.26 bits per heavy atom. The maximum atomic E-state index is 11.2. The summed E-state index contributed by atoms with van der Waals surface area (Å²) in [5.41, 5.74) is 8.81. The minimum Gasteiger partial charge on any atom is -0.399 e. The Morgan fingerprint density at radius 1 is 0.870 bits per heavy atom. The lowest BCUT2D eigenvalue weighted by atomic mass is 9.78. The highest BCUT2D eigenvalue weighted by Gasteiger charge is 2.22. The average Bonchev–Trinajstić information content (AvgIpc) is 2.53. The van der Waals surface area contributed by atoms with Crippen LogP contribution in [0.4, 0.5) is 5.69 Å². The third-order valence-electron chi connectivity index (χ3n) is 4.34. The second-order valence-corrected chi connectivity index (χ2v) is 7.16. The first-order valence-corrected chi connectivity index (χ1v) is 9.23. The molecule has 0 aromatic heterocycles. The number of rotatable bonds is 6. The molecule has 4 nitrogen and oxygen atoms in total. The molecule has 0 heterocycles. The van der Waals surface area contributed by atoms with Crippen LogP contribution in [-0.4, -0.2) is 13.0 Å². The molecule has 3 N–H and O–H groups in total. The van der Waals surface area contributed by atoms with Crippen molar-refractivity contribution in [2.24, 2.45) is 0 Å². The third-order valence-corrected chi connectivity index (χ3v) is 5.20. The average molecular weight is 333 g/mol. The van der Waals surface area contributed by atoms with E-state index in [0.29, 0.717) is 5.92 Å². The van der Waals surface area contributed by atoms with Crippen molar-refractivity contribution in [2.45, 2.75) is 43.4 Å². The Kier molecular flexibility index (Phi) is 5.44. The van der Waals surface area contributed by atoms with Gasteiger partial charge in [-0.2, -0.15) is 8.42 Å². The number of anilines is 1. The van der Waals surface area contributed by atoms with Crippen molar-refractivity contribution in [3.05, 3.63) is 59.7 Å². The number of nitrogens with two attached hydrogens (primary N) is 1. The van der Waals surface area contributed by atoms with E-state index in [1.165, 1.54) is 17.7 Å². The summed E-state index contributed by atoms with van der Waals surface area (Å²) in [6.45, 7) is 4.28. The Balaban J connectivity index is 2.35. The molecule has 0 radical (unpaired) electrons. The minimum atomic E-state index is -4.15. The summed E-state index contributed by atoms with van der Waals surface area (Å²) in [6, 6.07) is 14.4. The van der Waals surface area contributed by atoms with Crippen molar-refractivity contribution in [1.29, 1.82) is 0 Å². The van der Waals surface area contributed by atoms with Crippen LogP contribution in [0, 0.1) is 0 Å². The van der Waals surface area contributed by atoms with Gasteiger partial charge in [0.2, 0.25) is 0 Å². The van der Waals surface area contributed by atoms with Crippen LogP contribution in [0.2, 0.25) is 0 Å². The highest BCUT2D eigenvalue weighted by molar-refractivity contribution is 7.85. The molecule has 0 aliphatic heterocycles. The molecule has 0 bridgehead atoms. The molecule has 0 aliphatic carbocycles. The van der Waals surface area contributed by atoms with Crippen LogP contribution in [0.25, 0.3) is 0 Å². The number of hydrogen-bond donors (Lipinski definition) is 2. The first-order valence-electron chi connectivity index (χ1n) is 7.79. The monoisotopic (exact) mass is 333 g/mol. The zero-order valence-corrected chi connectivity index (χ0v) is 14.3. The molecule has 2 aromatic carbocycles. The molecule has 124 valence electrons. The lowest BCUT2D eigenvalue weighted by Gasteiger charge is -2.26.